The summed E-state index contributed by atoms with van der Waals surface area (Å²) in [5, 5.41) is 12.5. The molecule has 64 valence electrons. The van der Waals surface area contributed by atoms with Gasteiger partial charge in [0.2, 0.25) is 0 Å². The van der Waals surface area contributed by atoms with Gasteiger partial charge in [0.25, 0.3) is 0 Å². The molecule has 1 aliphatic rings. The Bertz CT molecular complexity index is 249. The van der Waals surface area contributed by atoms with Crippen molar-refractivity contribution in [3.63, 3.8) is 0 Å². The lowest BCUT2D eigenvalue weighted by Gasteiger charge is -2.09. The van der Waals surface area contributed by atoms with E-state index in [1.165, 1.54) is 18.4 Å². The fourth-order valence-electron chi connectivity index (χ4n) is 1.68. The van der Waals surface area contributed by atoms with Crippen molar-refractivity contribution in [2.45, 2.75) is 18.9 Å². The van der Waals surface area contributed by atoms with Crippen LogP contribution in [0.1, 0.15) is 24.4 Å². The van der Waals surface area contributed by atoms with Crippen molar-refractivity contribution in [3.8, 4) is 5.75 Å². The first kappa shape index (κ1) is 7.62. The van der Waals surface area contributed by atoms with E-state index in [9.17, 15) is 0 Å². The van der Waals surface area contributed by atoms with Crippen molar-refractivity contribution in [2.24, 2.45) is 0 Å². The Morgan fingerprint density at radius 2 is 2.00 bits per heavy atom. The lowest BCUT2D eigenvalue weighted by atomic mass is 10.1. The normalized spacial score (nSPS) is 22.8. The van der Waals surface area contributed by atoms with Crippen LogP contribution in [0.15, 0.2) is 24.3 Å². The molecule has 1 fully saturated rings. The van der Waals surface area contributed by atoms with Crippen LogP contribution < -0.4 is 5.32 Å². The zero-order valence-corrected chi connectivity index (χ0v) is 6.96. The van der Waals surface area contributed by atoms with Gasteiger partial charge >= 0.3 is 0 Å². The number of hydrogen-bond donors (Lipinski definition) is 2. The summed E-state index contributed by atoms with van der Waals surface area (Å²) in [6, 6.07) is 7.96. The second-order valence-corrected chi connectivity index (χ2v) is 3.24. The van der Waals surface area contributed by atoms with Gasteiger partial charge < -0.3 is 10.4 Å². The van der Waals surface area contributed by atoms with E-state index in [0.717, 1.165) is 6.54 Å². The highest BCUT2D eigenvalue weighted by Gasteiger charge is 2.15. The van der Waals surface area contributed by atoms with Crippen LogP contribution in [0, 0.1) is 0 Å². The van der Waals surface area contributed by atoms with E-state index >= 15 is 0 Å². The summed E-state index contributed by atoms with van der Waals surface area (Å²) in [5.41, 5.74) is 1.28. The molecule has 0 aromatic heterocycles. The molecule has 1 aromatic rings. The average molecular weight is 163 g/mol. The molecule has 0 spiro atoms. The number of hydrogen-bond acceptors (Lipinski definition) is 2. The van der Waals surface area contributed by atoms with Gasteiger partial charge in [0.15, 0.2) is 0 Å². The average Bonchev–Trinajstić information content (AvgIpc) is 2.58. The lowest BCUT2D eigenvalue weighted by molar-refractivity contribution is 0.474. The summed E-state index contributed by atoms with van der Waals surface area (Å²) < 4.78 is 0. The predicted molar refractivity (Wildman–Crippen MR) is 48.1 cm³/mol. The molecule has 2 N–H and O–H groups in total. The van der Waals surface area contributed by atoms with Gasteiger partial charge in [0.05, 0.1) is 0 Å². The second kappa shape index (κ2) is 3.15. The van der Waals surface area contributed by atoms with Gasteiger partial charge in [0, 0.05) is 6.04 Å². The molecule has 2 rings (SSSR count). The Kier molecular flexibility index (Phi) is 2.00. The van der Waals surface area contributed by atoms with Crippen LogP contribution in [0.2, 0.25) is 0 Å². The van der Waals surface area contributed by atoms with E-state index in [1.54, 1.807) is 12.1 Å². The van der Waals surface area contributed by atoms with Crippen molar-refractivity contribution >= 4 is 0 Å². The molecular formula is C10H13NO. The summed E-state index contributed by atoms with van der Waals surface area (Å²) in [4.78, 5) is 0. The quantitative estimate of drug-likeness (QED) is 0.661. The van der Waals surface area contributed by atoms with Crippen LogP contribution in [0.4, 0.5) is 0 Å². The maximum atomic E-state index is 9.08. The minimum atomic E-state index is 0.344. The largest absolute Gasteiger partial charge is 0.508 e. The van der Waals surface area contributed by atoms with Crippen LogP contribution in [0.25, 0.3) is 0 Å². The molecule has 2 nitrogen and oxygen atoms in total. The zero-order valence-electron chi connectivity index (χ0n) is 6.96. The summed E-state index contributed by atoms with van der Waals surface area (Å²) in [6.07, 6.45) is 2.47. The Balaban J connectivity index is 2.17. The highest BCUT2D eigenvalue weighted by atomic mass is 16.3. The summed E-state index contributed by atoms with van der Waals surface area (Å²) in [5.74, 6) is 0.344. The van der Waals surface area contributed by atoms with E-state index in [2.05, 4.69) is 5.32 Å². The number of aromatic hydroxyl groups is 1. The molecule has 1 aromatic carbocycles. The van der Waals surface area contributed by atoms with Gasteiger partial charge in [-0.1, -0.05) is 12.1 Å². The molecule has 0 amide bonds. The third kappa shape index (κ3) is 1.43. The number of phenols is 1. The van der Waals surface area contributed by atoms with Crippen molar-refractivity contribution in [2.75, 3.05) is 6.54 Å². The molecule has 2 heteroatoms. The Morgan fingerprint density at radius 3 is 2.58 bits per heavy atom. The van der Waals surface area contributed by atoms with Crippen molar-refractivity contribution in [3.05, 3.63) is 29.8 Å². The van der Waals surface area contributed by atoms with E-state index in [0.29, 0.717) is 11.8 Å². The third-order valence-electron chi connectivity index (χ3n) is 2.36. The van der Waals surface area contributed by atoms with E-state index in [-0.39, 0.29) is 0 Å². The number of nitrogens with one attached hydrogen (secondary N) is 1. The monoisotopic (exact) mass is 163 g/mol. The molecule has 12 heavy (non-hydrogen) atoms. The molecule has 0 unspecified atom stereocenters. The van der Waals surface area contributed by atoms with Crippen molar-refractivity contribution in [1.82, 2.24) is 5.32 Å². The molecular weight excluding hydrogens is 150 g/mol. The Morgan fingerprint density at radius 1 is 1.25 bits per heavy atom. The minimum absolute atomic E-state index is 0.344. The molecule has 1 atom stereocenters. The van der Waals surface area contributed by atoms with E-state index in [1.807, 2.05) is 12.1 Å². The van der Waals surface area contributed by atoms with Crippen LogP contribution >= 0.6 is 0 Å². The fourth-order valence-corrected chi connectivity index (χ4v) is 1.68. The summed E-state index contributed by atoms with van der Waals surface area (Å²) in [6.45, 7) is 1.12. The van der Waals surface area contributed by atoms with Gasteiger partial charge in [-0.2, -0.15) is 0 Å². The minimum Gasteiger partial charge on any atom is -0.508 e. The molecule has 1 heterocycles. The Labute approximate surface area is 72.2 Å². The first-order valence-corrected chi connectivity index (χ1v) is 4.38. The summed E-state index contributed by atoms with van der Waals surface area (Å²) in [7, 11) is 0. The van der Waals surface area contributed by atoms with Crippen LogP contribution in [-0.2, 0) is 0 Å². The first-order chi connectivity index (χ1) is 5.86. The SMILES string of the molecule is Oc1ccc([C@@H]2CCCN2)cc1. The predicted octanol–water partition coefficient (Wildman–Crippen LogP) is 1.82. The van der Waals surface area contributed by atoms with Crippen molar-refractivity contribution in [1.29, 1.82) is 0 Å². The number of phenolic OH excluding ortho intramolecular Hbond substituents is 1. The van der Waals surface area contributed by atoms with E-state index in [4.69, 9.17) is 5.11 Å². The van der Waals surface area contributed by atoms with E-state index < -0.39 is 0 Å². The lowest BCUT2D eigenvalue weighted by Crippen LogP contribution is -2.12. The fraction of sp³-hybridized carbons (Fsp3) is 0.400. The molecule has 0 saturated carbocycles. The van der Waals surface area contributed by atoms with Gasteiger partial charge in [-0.3, -0.25) is 0 Å². The molecule has 1 saturated heterocycles. The highest BCUT2D eigenvalue weighted by molar-refractivity contribution is 5.28. The molecule has 0 bridgehead atoms. The van der Waals surface area contributed by atoms with Crippen molar-refractivity contribution < 1.29 is 5.11 Å². The van der Waals surface area contributed by atoms with Gasteiger partial charge in [-0.05, 0) is 37.1 Å². The maximum absolute atomic E-state index is 9.08. The molecule has 1 aliphatic heterocycles. The first-order valence-electron chi connectivity index (χ1n) is 4.38. The maximum Gasteiger partial charge on any atom is 0.115 e. The molecule has 0 radical (unpaired) electrons. The van der Waals surface area contributed by atoms with Crippen LogP contribution in [0.3, 0.4) is 0 Å². The Hall–Kier alpha value is -1.02. The van der Waals surface area contributed by atoms with Gasteiger partial charge in [-0.15, -0.1) is 0 Å². The number of rotatable bonds is 1. The highest BCUT2D eigenvalue weighted by Crippen LogP contribution is 2.23. The standard InChI is InChI=1S/C10H13NO/c12-9-5-3-8(4-6-9)10-2-1-7-11-10/h3-6,10-12H,1-2,7H2/t10-/m0/s1. The zero-order chi connectivity index (χ0) is 8.39. The van der Waals surface area contributed by atoms with Gasteiger partial charge in [0.1, 0.15) is 5.75 Å². The van der Waals surface area contributed by atoms with Crippen LogP contribution in [-0.4, -0.2) is 11.7 Å². The van der Waals surface area contributed by atoms with Crippen LogP contribution in [0.5, 0.6) is 5.75 Å². The smallest absolute Gasteiger partial charge is 0.115 e. The second-order valence-electron chi connectivity index (χ2n) is 3.24. The number of benzene rings is 1. The van der Waals surface area contributed by atoms with Gasteiger partial charge in [-0.25, -0.2) is 0 Å². The topological polar surface area (TPSA) is 32.3 Å². The summed E-state index contributed by atoms with van der Waals surface area (Å²) >= 11 is 0. The molecule has 0 aliphatic carbocycles. The third-order valence-corrected chi connectivity index (χ3v) is 2.36.